The summed E-state index contributed by atoms with van der Waals surface area (Å²) in [4.78, 5) is 12.6. The molecule has 9 nitrogen and oxygen atoms in total. The molecule has 1 saturated heterocycles. The molecule has 0 spiro atoms. The number of fused-ring (bicyclic) bond motifs is 6. The maximum absolute atomic E-state index is 14.5. The Morgan fingerprint density at radius 2 is 2.07 bits per heavy atom. The SMILES string of the molecule is CN1CCCC1c1cnnn1N1C=NC2c3ccccc3-n3c(cnc3F)N21. The molecule has 1 aromatic carbocycles. The van der Waals surface area contributed by atoms with Crippen molar-refractivity contribution in [1.29, 1.82) is 0 Å². The van der Waals surface area contributed by atoms with Gasteiger partial charge in [0.05, 0.1) is 24.1 Å². The molecule has 0 bridgehead atoms. The first kappa shape index (κ1) is 15.8. The van der Waals surface area contributed by atoms with Crippen LogP contribution in [0.2, 0.25) is 0 Å². The van der Waals surface area contributed by atoms with E-state index in [0.29, 0.717) is 5.82 Å². The van der Waals surface area contributed by atoms with Crippen LogP contribution in [0.15, 0.2) is 41.7 Å². The van der Waals surface area contributed by atoms with Crippen LogP contribution >= 0.6 is 0 Å². The lowest BCUT2D eigenvalue weighted by molar-refractivity contribution is 0.301. The van der Waals surface area contributed by atoms with Crippen LogP contribution in [-0.2, 0) is 0 Å². The molecule has 2 unspecified atom stereocenters. The number of halogens is 1. The number of benzene rings is 1. The number of hydrogen-bond donors (Lipinski definition) is 0. The molecule has 0 amide bonds. The molecule has 5 heterocycles. The number of para-hydroxylation sites is 1. The Bertz CT molecular complexity index is 1090. The topological polar surface area (TPSA) is 70.6 Å². The van der Waals surface area contributed by atoms with Crippen molar-refractivity contribution in [3.8, 4) is 5.69 Å². The molecule has 10 heteroatoms. The average molecular weight is 379 g/mol. The predicted octanol–water partition coefficient (Wildman–Crippen LogP) is 1.78. The van der Waals surface area contributed by atoms with Gasteiger partial charge in [-0.15, -0.1) is 9.89 Å². The van der Waals surface area contributed by atoms with E-state index in [-0.39, 0.29) is 12.2 Å². The summed E-state index contributed by atoms with van der Waals surface area (Å²) in [5.41, 5.74) is 2.64. The van der Waals surface area contributed by atoms with E-state index in [2.05, 4.69) is 27.2 Å². The molecule has 0 N–H and O–H groups in total. The molecule has 0 radical (unpaired) electrons. The monoisotopic (exact) mass is 379 g/mol. The third-order valence-corrected chi connectivity index (χ3v) is 5.77. The highest BCUT2D eigenvalue weighted by molar-refractivity contribution is 5.78. The lowest BCUT2D eigenvalue weighted by atomic mass is 10.1. The fraction of sp³-hybridized carbons (Fsp3) is 0.333. The number of nitrogens with zero attached hydrogens (tertiary/aromatic N) is 9. The summed E-state index contributed by atoms with van der Waals surface area (Å²) in [6.45, 7) is 1.04. The Hall–Kier alpha value is -3.27. The van der Waals surface area contributed by atoms with Crippen molar-refractivity contribution >= 4 is 12.2 Å². The van der Waals surface area contributed by atoms with Gasteiger partial charge in [-0.3, -0.25) is 9.47 Å². The standard InChI is InChI=1S/C18H18FN9/c1-24-8-4-7-14(24)15-9-22-23-28(15)25-11-21-17-12-5-2-3-6-13(12)26-16(27(17)25)10-20-18(26)19/h2-3,5-6,9-11,14,17H,4,7-8H2,1H3. The maximum Gasteiger partial charge on any atom is 0.295 e. The minimum absolute atomic E-state index is 0.237. The lowest BCUT2D eigenvalue weighted by Gasteiger charge is -2.37. The highest BCUT2D eigenvalue weighted by Crippen LogP contribution is 2.42. The molecule has 0 aliphatic carbocycles. The minimum atomic E-state index is -0.554. The van der Waals surface area contributed by atoms with E-state index >= 15 is 0 Å². The Labute approximate surface area is 160 Å². The second-order valence-corrected chi connectivity index (χ2v) is 7.27. The summed E-state index contributed by atoms with van der Waals surface area (Å²) < 4.78 is 16.0. The van der Waals surface area contributed by atoms with E-state index in [0.717, 1.165) is 36.3 Å². The van der Waals surface area contributed by atoms with Crippen molar-refractivity contribution in [1.82, 2.24) is 29.6 Å². The summed E-state index contributed by atoms with van der Waals surface area (Å²) >= 11 is 0. The molecule has 2 atom stereocenters. The van der Waals surface area contributed by atoms with Gasteiger partial charge < -0.3 is 0 Å². The highest BCUT2D eigenvalue weighted by atomic mass is 19.1. The molecule has 3 aromatic rings. The first-order valence-corrected chi connectivity index (χ1v) is 9.29. The van der Waals surface area contributed by atoms with Gasteiger partial charge in [0, 0.05) is 5.56 Å². The number of hydrogen-bond acceptors (Lipinski definition) is 7. The zero-order chi connectivity index (χ0) is 18.8. The van der Waals surface area contributed by atoms with Crippen molar-refractivity contribution in [2.45, 2.75) is 25.0 Å². The normalized spacial score (nSPS) is 23.2. The molecular weight excluding hydrogens is 361 g/mol. The molecule has 3 aliphatic heterocycles. The molecule has 3 aliphatic rings. The van der Waals surface area contributed by atoms with Crippen LogP contribution in [0.3, 0.4) is 0 Å². The van der Waals surface area contributed by atoms with Gasteiger partial charge in [0.15, 0.2) is 12.0 Å². The fourth-order valence-electron chi connectivity index (χ4n) is 4.45. The Morgan fingerprint density at radius 1 is 1.18 bits per heavy atom. The van der Waals surface area contributed by atoms with Gasteiger partial charge in [0.2, 0.25) is 0 Å². The molecule has 0 saturated carbocycles. The largest absolute Gasteiger partial charge is 0.298 e. The number of imidazole rings is 1. The third-order valence-electron chi connectivity index (χ3n) is 5.77. The van der Waals surface area contributed by atoms with Crippen molar-refractivity contribution < 1.29 is 4.39 Å². The van der Waals surface area contributed by atoms with Gasteiger partial charge in [0.25, 0.3) is 6.08 Å². The van der Waals surface area contributed by atoms with Crippen LogP contribution in [0.5, 0.6) is 0 Å². The predicted molar refractivity (Wildman–Crippen MR) is 100 cm³/mol. The molecule has 2 aromatic heterocycles. The highest BCUT2D eigenvalue weighted by Gasteiger charge is 2.41. The molecule has 142 valence electrons. The summed E-state index contributed by atoms with van der Waals surface area (Å²) in [5, 5.41) is 12.2. The van der Waals surface area contributed by atoms with Crippen molar-refractivity contribution in [3.63, 3.8) is 0 Å². The van der Waals surface area contributed by atoms with Crippen LogP contribution in [-0.4, -0.2) is 49.5 Å². The zero-order valence-electron chi connectivity index (χ0n) is 15.2. The van der Waals surface area contributed by atoms with Gasteiger partial charge in [0.1, 0.15) is 12.0 Å². The molecule has 28 heavy (non-hydrogen) atoms. The molecule has 6 rings (SSSR count). The van der Waals surface area contributed by atoms with Gasteiger partial charge in [-0.1, -0.05) is 18.2 Å². The van der Waals surface area contributed by atoms with Gasteiger partial charge in [-0.25, -0.2) is 15.0 Å². The van der Waals surface area contributed by atoms with E-state index in [1.54, 1.807) is 22.4 Å². The number of likely N-dealkylation sites (tertiary alicyclic amines) is 1. The lowest BCUT2D eigenvalue weighted by Crippen LogP contribution is -2.50. The smallest absolute Gasteiger partial charge is 0.295 e. The second kappa shape index (κ2) is 5.61. The summed E-state index contributed by atoms with van der Waals surface area (Å²) in [7, 11) is 2.11. The fourth-order valence-corrected chi connectivity index (χ4v) is 4.45. The van der Waals surface area contributed by atoms with Gasteiger partial charge >= 0.3 is 0 Å². The van der Waals surface area contributed by atoms with Gasteiger partial charge in [-0.05, 0) is 37.7 Å². The van der Waals surface area contributed by atoms with E-state index in [4.69, 9.17) is 4.99 Å². The summed E-state index contributed by atoms with van der Waals surface area (Å²) in [6.07, 6.45) is 6.36. The quantitative estimate of drug-likeness (QED) is 0.676. The van der Waals surface area contributed by atoms with E-state index in [1.807, 2.05) is 29.3 Å². The number of aromatic nitrogens is 5. The van der Waals surface area contributed by atoms with Crippen molar-refractivity contribution in [2.75, 3.05) is 23.7 Å². The third kappa shape index (κ3) is 1.97. The summed E-state index contributed by atoms with van der Waals surface area (Å²) in [5.74, 6) is 0.597. The van der Waals surface area contributed by atoms with Crippen LogP contribution in [0.4, 0.5) is 10.2 Å². The second-order valence-electron chi connectivity index (χ2n) is 7.27. The van der Waals surface area contributed by atoms with E-state index in [9.17, 15) is 4.39 Å². The van der Waals surface area contributed by atoms with E-state index < -0.39 is 6.08 Å². The van der Waals surface area contributed by atoms with Crippen LogP contribution in [0, 0.1) is 6.08 Å². The Kier molecular flexibility index (Phi) is 3.16. The Morgan fingerprint density at radius 3 is 2.93 bits per heavy atom. The molecule has 1 fully saturated rings. The minimum Gasteiger partial charge on any atom is -0.298 e. The Balaban J connectivity index is 1.48. The van der Waals surface area contributed by atoms with Crippen LogP contribution in [0.1, 0.15) is 36.3 Å². The average Bonchev–Trinajstić information content (AvgIpc) is 3.46. The number of aliphatic imine (C=N–C) groups is 1. The van der Waals surface area contributed by atoms with Gasteiger partial charge in [-0.2, -0.15) is 9.51 Å². The van der Waals surface area contributed by atoms with Crippen LogP contribution in [0.25, 0.3) is 5.69 Å². The zero-order valence-corrected chi connectivity index (χ0v) is 15.2. The first-order valence-electron chi connectivity index (χ1n) is 9.29. The van der Waals surface area contributed by atoms with Crippen molar-refractivity contribution in [2.24, 2.45) is 4.99 Å². The van der Waals surface area contributed by atoms with E-state index in [1.165, 1.54) is 10.8 Å². The number of hydrazine groups is 1. The summed E-state index contributed by atoms with van der Waals surface area (Å²) in [6, 6.07) is 7.90. The number of rotatable bonds is 2. The maximum atomic E-state index is 14.5. The number of anilines is 1. The first-order chi connectivity index (χ1) is 13.7. The molecular formula is C18H18FN9. The van der Waals surface area contributed by atoms with Crippen molar-refractivity contribution in [3.05, 3.63) is 54.0 Å². The van der Waals surface area contributed by atoms with Crippen LogP contribution < -0.4 is 10.1 Å².